The number of pyridine rings is 1. The van der Waals surface area contributed by atoms with Gasteiger partial charge in [-0.2, -0.15) is 0 Å². The molecule has 0 radical (unpaired) electrons. The van der Waals surface area contributed by atoms with E-state index in [1.807, 2.05) is 51.1 Å². The highest BCUT2D eigenvalue weighted by atomic mass is 16.5. The van der Waals surface area contributed by atoms with Crippen molar-refractivity contribution >= 4 is 5.91 Å². The molecule has 0 aliphatic carbocycles. The van der Waals surface area contributed by atoms with Gasteiger partial charge in [0, 0.05) is 31.3 Å². The Morgan fingerprint density at radius 1 is 1.35 bits per heavy atom. The summed E-state index contributed by atoms with van der Waals surface area (Å²) in [5.74, 6) is 1.24. The predicted molar refractivity (Wildman–Crippen MR) is 90.3 cm³/mol. The van der Waals surface area contributed by atoms with E-state index in [1.54, 1.807) is 6.20 Å². The minimum absolute atomic E-state index is 0.0613. The zero-order valence-electron chi connectivity index (χ0n) is 13.8. The summed E-state index contributed by atoms with van der Waals surface area (Å²) < 4.78 is 5.86. The molecule has 3 N–H and O–H groups in total. The topological polar surface area (TPSA) is 77.2 Å². The summed E-state index contributed by atoms with van der Waals surface area (Å²) in [6.45, 7) is 6.29. The molecule has 23 heavy (non-hydrogen) atoms. The molecule has 2 rings (SSSR count). The molecule has 0 fully saturated rings. The van der Waals surface area contributed by atoms with Crippen LogP contribution in [0.2, 0.25) is 0 Å². The summed E-state index contributed by atoms with van der Waals surface area (Å²) in [5, 5.41) is 2.84. The van der Waals surface area contributed by atoms with Gasteiger partial charge in [-0.25, -0.2) is 4.98 Å². The molecule has 0 bridgehead atoms. The molecule has 0 aliphatic rings. The number of aromatic nitrogens is 1. The largest absolute Gasteiger partial charge is 0.439 e. The monoisotopic (exact) mass is 313 g/mol. The molecule has 0 spiro atoms. The Morgan fingerprint density at radius 2 is 2.13 bits per heavy atom. The van der Waals surface area contributed by atoms with E-state index in [9.17, 15) is 4.79 Å². The van der Waals surface area contributed by atoms with Gasteiger partial charge >= 0.3 is 0 Å². The number of amides is 1. The van der Waals surface area contributed by atoms with Crippen molar-refractivity contribution in [3.05, 3.63) is 53.2 Å². The number of ether oxygens (including phenoxy) is 1. The van der Waals surface area contributed by atoms with E-state index in [2.05, 4.69) is 10.3 Å². The molecular weight excluding hydrogens is 290 g/mol. The van der Waals surface area contributed by atoms with E-state index in [-0.39, 0.29) is 11.9 Å². The first-order valence-electron chi connectivity index (χ1n) is 7.67. The second-order valence-electron chi connectivity index (χ2n) is 5.76. The third kappa shape index (κ3) is 5.07. The van der Waals surface area contributed by atoms with Gasteiger partial charge in [-0.3, -0.25) is 4.79 Å². The normalized spacial score (nSPS) is 11.8. The van der Waals surface area contributed by atoms with Crippen molar-refractivity contribution in [2.45, 2.75) is 39.8 Å². The molecule has 5 heteroatoms. The highest BCUT2D eigenvalue weighted by Gasteiger charge is 2.07. The average Bonchev–Trinajstić information content (AvgIpc) is 2.50. The highest BCUT2D eigenvalue weighted by molar-refractivity contribution is 5.76. The van der Waals surface area contributed by atoms with E-state index in [4.69, 9.17) is 10.5 Å². The SMILES string of the molecule is Cc1cccc(Oc2cc(CNC(=O)CC(C)N)ccn2)c1C. The van der Waals surface area contributed by atoms with Crippen LogP contribution in [-0.4, -0.2) is 16.9 Å². The Hall–Kier alpha value is -2.40. The summed E-state index contributed by atoms with van der Waals surface area (Å²) in [6, 6.07) is 9.45. The maximum absolute atomic E-state index is 11.6. The summed E-state index contributed by atoms with van der Waals surface area (Å²) in [5.41, 5.74) is 8.79. The predicted octanol–water partition coefficient (Wildman–Crippen LogP) is 2.84. The van der Waals surface area contributed by atoms with Gasteiger partial charge in [-0.1, -0.05) is 12.1 Å². The first-order chi connectivity index (χ1) is 11.0. The second-order valence-corrected chi connectivity index (χ2v) is 5.76. The number of carbonyl (C=O) groups excluding carboxylic acids is 1. The Labute approximate surface area is 136 Å². The second kappa shape index (κ2) is 7.74. The van der Waals surface area contributed by atoms with E-state index < -0.39 is 0 Å². The van der Waals surface area contributed by atoms with Gasteiger partial charge in [0.15, 0.2) is 0 Å². The van der Waals surface area contributed by atoms with Crippen molar-refractivity contribution < 1.29 is 9.53 Å². The fourth-order valence-electron chi connectivity index (χ4n) is 2.13. The van der Waals surface area contributed by atoms with Crippen LogP contribution in [-0.2, 0) is 11.3 Å². The molecular formula is C18H23N3O2. The molecule has 5 nitrogen and oxygen atoms in total. The summed E-state index contributed by atoms with van der Waals surface area (Å²) in [7, 11) is 0. The van der Waals surface area contributed by atoms with Gasteiger partial charge in [-0.15, -0.1) is 0 Å². The van der Waals surface area contributed by atoms with Crippen molar-refractivity contribution in [1.29, 1.82) is 0 Å². The molecule has 1 aromatic carbocycles. The molecule has 2 aromatic rings. The number of aryl methyl sites for hydroxylation is 1. The number of nitrogens with one attached hydrogen (secondary N) is 1. The lowest BCUT2D eigenvalue weighted by molar-refractivity contribution is -0.121. The van der Waals surface area contributed by atoms with Crippen molar-refractivity contribution in [2.24, 2.45) is 5.73 Å². The van der Waals surface area contributed by atoms with Gasteiger partial charge in [-0.05, 0) is 49.6 Å². The number of nitrogens with two attached hydrogens (primary N) is 1. The maximum Gasteiger partial charge on any atom is 0.221 e. The molecule has 1 heterocycles. The number of hydrogen-bond donors (Lipinski definition) is 2. The summed E-state index contributed by atoms with van der Waals surface area (Å²) >= 11 is 0. The minimum atomic E-state index is -0.143. The number of nitrogens with zero attached hydrogens (tertiary/aromatic N) is 1. The third-order valence-electron chi connectivity index (χ3n) is 3.57. The van der Waals surface area contributed by atoms with Crippen molar-refractivity contribution in [1.82, 2.24) is 10.3 Å². The molecule has 0 saturated heterocycles. The van der Waals surface area contributed by atoms with Crippen LogP contribution >= 0.6 is 0 Å². The van der Waals surface area contributed by atoms with Crippen LogP contribution in [0.1, 0.15) is 30.0 Å². The van der Waals surface area contributed by atoms with Crippen LogP contribution in [0.25, 0.3) is 0 Å². The number of benzene rings is 1. The highest BCUT2D eigenvalue weighted by Crippen LogP contribution is 2.25. The Kier molecular flexibility index (Phi) is 5.71. The fourth-order valence-corrected chi connectivity index (χ4v) is 2.13. The zero-order chi connectivity index (χ0) is 16.8. The van der Waals surface area contributed by atoms with E-state index >= 15 is 0 Å². The average molecular weight is 313 g/mol. The van der Waals surface area contributed by atoms with E-state index in [0.29, 0.717) is 18.8 Å². The summed E-state index contributed by atoms with van der Waals surface area (Å²) in [4.78, 5) is 15.9. The molecule has 0 aliphatic heterocycles. The van der Waals surface area contributed by atoms with Crippen LogP contribution in [0.15, 0.2) is 36.5 Å². The fraction of sp³-hybridized carbons (Fsp3) is 0.333. The minimum Gasteiger partial charge on any atom is -0.439 e. The van der Waals surface area contributed by atoms with Crippen LogP contribution in [0.3, 0.4) is 0 Å². The standard InChI is InChI=1S/C18H23N3O2/c1-12-5-4-6-16(14(12)3)23-18-10-15(7-8-20-18)11-21-17(22)9-13(2)19/h4-8,10,13H,9,11,19H2,1-3H3,(H,21,22). The van der Waals surface area contributed by atoms with Crippen molar-refractivity contribution in [3.8, 4) is 11.6 Å². The van der Waals surface area contributed by atoms with E-state index in [1.165, 1.54) is 5.56 Å². The van der Waals surface area contributed by atoms with Gasteiger partial charge in [0.2, 0.25) is 11.8 Å². The van der Waals surface area contributed by atoms with Crippen LogP contribution in [0.4, 0.5) is 0 Å². The molecule has 1 amide bonds. The van der Waals surface area contributed by atoms with Gasteiger partial charge in [0.1, 0.15) is 5.75 Å². The molecule has 1 aromatic heterocycles. The molecule has 1 unspecified atom stereocenters. The number of carbonyl (C=O) groups is 1. The molecule has 122 valence electrons. The Morgan fingerprint density at radius 3 is 2.87 bits per heavy atom. The number of rotatable bonds is 6. The lowest BCUT2D eigenvalue weighted by Crippen LogP contribution is -2.29. The van der Waals surface area contributed by atoms with Crippen molar-refractivity contribution in [2.75, 3.05) is 0 Å². The lowest BCUT2D eigenvalue weighted by Gasteiger charge is -2.11. The van der Waals surface area contributed by atoms with Crippen LogP contribution < -0.4 is 15.8 Å². The quantitative estimate of drug-likeness (QED) is 0.859. The van der Waals surface area contributed by atoms with Crippen LogP contribution in [0, 0.1) is 13.8 Å². The number of hydrogen-bond acceptors (Lipinski definition) is 4. The Balaban J connectivity index is 2.02. The first-order valence-corrected chi connectivity index (χ1v) is 7.67. The molecule has 1 atom stereocenters. The van der Waals surface area contributed by atoms with Gasteiger partial charge in [0.05, 0.1) is 0 Å². The maximum atomic E-state index is 11.6. The van der Waals surface area contributed by atoms with Crippen LogP contribution in [0.5, 0.6) is 11.6 Å². The molecule has 0 saturated carbocycles. The van der Waals surface area contributed by atoms with E-state index in [0.717, 1.165) is 16.9 Å². The third-order valence-corrected chi connectivity index (χ3v) is 3.57. The van der Waals surface area contributed by atoms with Crippen molar-refractivity contribution in [3.63, 3.8) is 0 Å². The smallest absolute Gasteiger partial charge is 0.221 e. The first kappa shape index (κ1) is 17.0. The van der Waals surface area contributed by atoms with Gasteiger partial charge < -0.3 is 15.8 Å². The van der Waals surface area contributed by atoms with Gasteiger partial charge in [0.25, 0.3) is 0 Å². The lowest BCUT2D eigenvalue weighted by atomic mass is 10.1. The zero-order valence-corrected chi connectivity index (χ0v) is 13.8. The Bertz CT molecular complexity index is 684. The summed E-state index contributed by atoms with van der Waals surface area (Å²) in [6.07, 6.45) is 1.99.